The second kappa shape index (κ2) is 16.4. The van der Waals surface area contributed by atoms with Crippen molar-refractivity contribution in [3.8, 4) is 0 Å². The number of anilines is 2. The first-order valence-corrected chi connectivity index (χ1v) is 19.3. The number of fused-ring (bicyclic) bond motifs is 4. The van der Waals surface area contributed by atoms with Crippen molar-refractivity contribution in [2.75, 3.05) is 62.2 Å². The third-order valence-corrected chi connectivity index (χ3v) is 12.1. The predicted molar refractivity (Wildman–Crippen MR) is 217 cm³/mol. The number of nitro groups is 2. The van der Waals surface area contributed by atoms with Gasteiger partial charge in [-0.25, -0.2) is 8.78 Å². The summed E-state index contributed by atoms with van der Waals surface area (Å²) in [5.41, 5.74) is 3.05. The quantitative estimate of drug-likeness (QED) is 0.100. The van der Waals surface area contributed by atoms with Crippen LogP contribution >= 0.6 is 0 Å². The lowest BCUT2D eigenvalue weighted by molar-refractivity contribution is -0.385. The Kier molecular flexibility index (Phi) is 11.3. The van der Waals surface area contributed by atoms with Crippen molar-refractivity contribution < 1.29 is 28.2 Å². The van der Waals surface area contributed by atoms with Crippen LogP contribution in [0.4, 0.5) is 31.5 Å². The number of benzene rings is 4. The number of rotatable bonds is 8. The number of halogens is 2. The molecule has 0 atom stereocenters. The average molecular weight is 791 g/mol. The minimum atomic E-state index is -0.513. The zero-order chi connectivity index (χ0) is 41.2. The number of hydrogen-bond donors (Lipinski definition) is 0. The van der Waals surface area contributed by atoms with Gasteiger partial charge < -0.3 is 9.80 Å². The van der Waals surface area contributed by atoms with E-state index in [1.165, 1.54) is 54.6 Å². The van der Waals surface area contributed by atoms with Crippen LogP contribution in [0.3, 0.4) is 0 Å². The van der Waals surface area contributed by atoms with Crippen LogP contribution in [0.15, 0.2) is 110 Å². The van der Waals surface area contributed by atoms with E-state index in [1.54, 1.807) is 40.1 Å². The van der Waals surface area contributed by atoms with E-state index in [0.29, 0.717) is 24.3 Å². The highest BCUT2D eigenvalue weighted by molar-refractivity contribution is 6.08. The van der Waals surface area contributed by atoms with Gasteiger partial charge in [-0.1, -0.05) is 18.2 Å². The van der Waals surface area contributed by atoms with Gasteiger partial charge in [-0.15, -0.1) is 13.2 Å². The summed E-state index contributed by atoms with van der Waals surface area (Å²) in [6.07, 6.45) is 7.05. The Morgan fingerprint density at radius 1 is 0.621 bits per heavy atom. The van der Waals surface area contributed by atoms with Gasteiger partial charge in [-0.05, 0) is 118 Å². The molecule has 0 aromatic heterocycles. The lowest BCUT2D eigenvalue weighted by Crippen LogP contribution is -2.46. The Bertz CT molecular complexity index is 2270. The molecule has 300 valence electrons. The van der Waals surface area contributed by atoms with Gasteiger partial charge in [0.25, 0.3) is 23.2 Å². The number of amides is 2. The summed E-state index contributed by atoms with van der Waals surface area (Å²) < 4.78 is 28.2. The van der Waals surface area contributed by atoms with Crippen molar-refractivity contribution in [3.05, 3.63) is 164 Å². The summed E-state index contributed by atoms with van der Waals surface area (Å²) in [5, 5.41) is 22.0. The monoisotopic (exact) mass is 790 g/mol. The lowest BCUT2D eigenvalue weighted by atomic mass is 9.74. The van der Waals surface area contributed by atoms with Crippen LogP contribution in [-0.2, 0) is 10.8 Å². The average Bonchev–Trinajstić information content (AvgIpc) is 3.70. The molecule has 58 heavy (non-hydrogen) atoms. The second-order valence-electron chi connectivity index (χ2n) is 15.5. The molecular formula is C44H44F2N6O6. The summed E-state index contributed by atoms with van der Waals surface area (Å²) in [6, 6.07) is 20.5. The number of carbonyl (C=O) groups excluding carboxylic acids is 2. The molecule has 14 heteroatoms. The van der Waals surface area contributed by atoms with E-state index >= 15 is 0 Å². The van der Waals surface area contributed by atoms with Gasteiger partial charge in [-0.3, -0.25) is 39.6 Å². The Hall–Kier alpha value is -6.12. The SMILES string of the molecule is C=CCN1CCC2(CC1)CN(C(=O)c1ccc([N+](=O)[O-])cc1)c1ccc(F)cc12.C=CCN1CCC2(CC1)CN(C(=O)c1cccc([N+](=O)[O-])c1)c1ccc(F)cc12. The minimum absolute atomic E-state index is 0.0588. The molecule has 0 unspecified atom stereocenters. The van der Waals surface area contributed by atoms with Crippen LogP contribution in [-0.4, -0.2) is 83.8 Å². The highest BCUT2D eigenvalue weighted by Gasteiger charge is 2.48. The molecule has 0 bridgehead atoms. The van der Waals surface area contributed by atoms with Crippen molar-refractivity contribution in [2.45, 2.75) is 36.5 Å². The van der Waals surface area contributed by atoms with E-state index in [0.717, 1.165) is 81.8 Å². The molecule has 0 aliphatic carbocycles. The van der Waals surface area contributed by atoms with E-state index in [2.05, 4.69) is 23.0 Å². The molecular weight excluding hydrogens is 747 g/mol. The maximum atomic E-state index is 14.1. The minimum Gasteiger partial charge on any atom is -0.307 e. The van der Waals surface area contributed by atoms with Gasteiger partial charge in [0.2, 0.25) is 0 Å². The zero-order valence-corrected chi connectivity index (χ0v) is 32.0. The highest BCUT2D eigenvalue weighted by Crippen LogP contribution is 2.49. The second-order valence-corrected chi connectivity index (χ2v) is 15.5. The predicted octanol–water partition coefficient (Wildman–Crippen LogP) is 7.83. The summed E-state index contributed by atoms with van der Waals surface area (Å²) >= 11 is 0. The molecule has 0 radical (unpaired) electrons. The number of likely N-dealkylation sites (tertiary alicyclic amines) is 2. The Morgan fingerprint density at radius 2 is 1.07 bits per heavy atom. The molecule has 0 N–H and O–H groups in total. The molecule has 2 fully saturated rings. The Labute approximate surface area is 335 Å². The van der Waals surface area contributed by atoms with Crippen molar-refractivity contribution in [1.82, 2.24) is 9.80 Å². The van der Waals surface area contributed by atoms with E-state index in [-0.39, 0.29) is 51.2 Å². The van der Waals surface area contributed by atoms with Crippen molar-refractivity contribution >= 4 is 34.6 Å². The first-order chi connectivity index (χ1) is 27.9. The molecule has 2 amide bonds. The first-order valence-electron chi connectivity index (χ1n) is 19.3. The molecule has 4 aliphatic rings. The molecule has 4 heterocycles. The van der Waals surface area contributed by atoms with Gasteiger partial charge in [0.05, 0.1) is 9.85 Å². The number of nitro benzene ring substituents is 2. The van der Waals surface area contributed by atoms with Gasteiger partial charge in [0.15, 0.2) is 0 Å². The highest BCUT2D eigenvalue weighted by atomic mass is 19.1. The number of non-ortho nitro benzene ring substituents is 2. The zero-order valence-electron chi connectivity index (χ0n) is 32.0. The Balaban J connectivity index is 0.000000177. The molecule has 12 nitrogen and oxygen atoms in total. The maximum Gasteiger partial charge on any atom is 0.270 e. The summed E-state index contributed by atoms with van der Waals surface area (Å²) in [5.74, 6) is -1.15. The maximum absolute atomic E-state index is 14.1. The number of carbonyl (C=O) groups is 2. The summed E-state index contributed by atoms with van der Waals surface area (Å²) in [6.45, 7) is 13.6. The number of nitrogens with zero attached hydrogens (tertiary/aromatic N) is 6. The normalized spacial score (nSPS) is 17.9. The van der Waals surface area contributed by atoms with Crippen LogP contribution in [0.2, 0.25) is 0 Å². The van der Waals surface area contributed by atoms with Crippen LogP contribution in [0.25, 0.3) is 0 Å². The fourth-order valence-electron chi connectivity index (χ4n) is 8.98. The number of hydrogen-bond acceptors (Lipinski definition) is 8. The molecule has 0 saturated carbocycles. The van der Waals surface area contributed by atoms with Crippen LogP contribution in [0, 0.1) is 31.9 Å². The van der Waals surface area contributed by atoms with Crippen LogP contribution in [0.5, 0.6) is 0 Å². The smallest absolute Gasteiger partial charge is 0.270 e. The number of piperidine rings is 2. The molecule has 4 aliphatic heterocycles. The molecule has 8 rings (SSSR count). The fourth-order valence-corrected chi connectivity index (χ4v) is 8.98. The van der Waals surface area contributed by atoms with Crippen molar-refractivity contribution in [3.63, 3.8) is 0 Å². The largest absolute Gasteiger partial charge is 0.307 e. The molecule has 4 aromatic carbocycles. The van der Waals surface area contributed by atoms with Gasteiger partial charge in [-0.2, -0.15) is 0 Å². The van der Waals surface area contributed by atoms with Crippen LogP contribution in [0.1, 0.15) is 57.5 Å². The third kappa shape index (κ3) is 7.77. The Morgan fingerprint density at radius 3 is 1.50 bits per heavy atom. The van der Waals surface area contributed by atoms with E-state index in [1.807, 2.05) is 12.2 Å². The van der Waals surface area contributed by atoms with E-state index < -0.39 is 9.85 Å². The van der Waals surface area contributed by atoms with Crippen molar-refractivity contribution in [1.29, 1.82) is 0 Å². The van der Waals surface area contributed by atoms with Gasteiger partial charge in [0.1, 0.15) is 11.6 Å². The topological polar surface area (TPSA) is 133 Å². The van der Waals surface area contributed by atoms with Crippen LogP contribution < -0.4 is 9.80 Å². The standard InChI is InChI=1S/2C22H22FN3O3/c1-2-11-24-12-9-22(10-13-24)15-25(20-8-5-17(23)14-19(20)22)21(27)16-3-6-18(7-4-16)26(28)29;1-2-10-24-11-8-22(9-12-24)15-25(20-7-6-17(23)14-19(20)22)21(27)16-4-3-5-18(13-16)26(28)29/h2-8,14H,1,9-13,15H2;2-7,13-14H,1,8-12,15H2. The van der Waals surface area contributed by atoms with Gasteiger partial charge >= 0.3 is 0 Å². The molecule has 2 spiro atoms. The fraction of sp³-hybridized carbons (Fsp3) is 0.318. The third-order valence-electron chi connectivity index (χ3n) is 12.1. The molecule has 2 saturated heterocycles. The summed E-state index contributed by atoms with van der Waals surface area (Å²) in [7, 11) is 0. The van der Waals surface area contributed by atoms with E-state index in [9.17, 15) is 38.6 Å². The first kappa shape index (κ1) is 40.1. The van der Waals surface area contributed by atoms with Gasteiger partial charge in [0, 0.05) is 83.8 Å². The molecule has 4 aromatic rings. The van der Waals surface area contributed by atoms with Crippen molar-refractivity contribution in [2.24, 2.45) is 0 Å². The lowest BCUT2D eigenvalue weighted by Gasteiger charge is -2.39. The van der Waals surface area contributed by atoms with E-state index in [4.69, 9.17) is 0 Å². The summed E-state index contributed by atoms with van der Waals surface area (Å²) in [4.78, 5) is 55.4.